The SMILES string of the molecule is O=C(N/N=C\c1cc(Br)c(OCc2ccc(Cl)cc2)c(Br)c1)c1cc2cc(Br)cc(Br)c2o1. The van der Waals surface area contributed by atoms with Crippen molar-refractivity contribution in [3.63, 3.8) is 0 Å². The molecule has 0 aliphatic heterocycles. The quantitative estimate of drug-likeness (QED) is 0.161. The van der Waals surface area contributed by atoms with Crippen LogP contribution in [-0.2, 0) is 6.61 Å². The average Bonchev–Trinajstić information content (AvgIpc) is 3.19. The predicted molar refractivity (Wildman–Crippen MR) is 144 cm³/mol. The van der Waals surface area contributed by atoms with Crippen LogP contribution in [0.4, 0.5) is 0 Å². The molecule has 0 unspecified atom stereocenters. The van der Waals surface area contributed by atoms with Crippen LogP contribution in [0.5, 0.6) is 5.75 Å². The van der Waals surface area contributed by atoms with Crippen molar-refractivity contribution in [2.45, 2.75) is 6.61 Å². The topological polar surface area (TPSA) is 63.8 Å². The molecule has 0 radical (unpaired) electrons. The van der Waals surface area contributed by atoms with Crippen LogP contribution >= 0.6 is 75.3 Å². The van der Waals surface area contributed by atoms with Gasteiger partial charge in [-0.05, 0) is 101 Å². The molecule has 0 spiro atoms. The normalized spacial score (nSPS) is 11.3. The molecule has 168 valence electrons. The number of halogens is 5. The molecule has 0 saturated heterocycles. The Labute approximate surface area is 228 Å². The average molecular weight is 720 g/mol. The maximum absolute atomic E-state index is 12.4. The highest BCUT2D eigenvalue weighted by molar-refractivity contribution is 9.11. The predicted octanol–water partition coefficient (Wildman–Crippen LogP) is 8.48. The lowest BCUT2D eigenvalue weighted by Gasteiger charge is -2.11. The lowest BCUT2D eigenvalue weighted by Crippen LogP contribution is -2.16. The summed E-state index contributed by atoms with van der Waals surface area (Å²) in [6, 6.07) is 16.5. The molecule has 0 aliphatic rings. The molecular weight excluding hydrogens is 707 g/mol. The van der Waals surface area contributed by atoms with Gasteiger partial charge in [0.1, 0.15) is 17.9 Å². The number of fused-ring (bicyclic) bond motifs is 1. The lowest BCUT2D eigenvalue weighted by atomic mass is 10.2. The summed E-state index contributed by atoms with van der Waals surface area (Å²) in [5, 5.41) is 5.52. The summed E-state index contributed by atoms with van der Waals surface area (Å²) in [5.74, 6) is 0.367. The summed E-state index contributed by atoms with van der Waals surface area (Å²) in [5.41, 5.74) is 4.83. The summed E-state index contributed by atoms with van der Waals surface area (Å²) in [7, 11) is 0. The van der Waals surface area contributed by atoms with Crippen LogP contribution in [-0.4, -0.2) is 12.1 Å². The summed E-state index contributed by atoms with van der Waals surface area (Å²) in [6.07, 6.45) is 1.53. The van der Waals surface area contributed by atoms with Crippen LogP contribution in [0, 0.1) is 0 Å². The lowest BCUT2D eigenvalue weighted by molar-refractivity contribution is 0.0929. The fraction of sp³-hybridized carbons (Fsp3) is 0.0435. The van der Waals surface area contributed by atoms with Gasteiger partial charge in [-0.3, -0.25) is 4.79 Å². The van der Waals surface area contributed by atoms with Gasteiger partial charge in [0.25, 0.3) is 0 Å². The van der Waals surface area contributed by atoms with Crippen molar-refractivity contribution in [2.24, 2.45) is 5.10 Å². The van der Waals surface area contributed by atoms with Crippen molar-refractivity contribution in [1.82, 2.24) is 5.43 Å². The van der Waals surface area contributed by atoms with Gasteiger partial charge in [0.2, 0.25) is 0 Å². The molecule has 1 aromatic heterocycles. The summed E-state index contributed by atoms with van der Waals surface area (Å²) < 4.78 is 14.7. The van der Waals surface area contributed by atoms with E-state index >= 15 is 0 Å². The third kappa shape index (κ3) is 6.08. The molecule has 0 saturated carbocycles. The van der Waals surface area contributed by atoms with E-state index < -0.39 is 5.91 Å². The minimum absolute atomic E-state index is 0.161. The van der Waals surface area contributed by atoms with Crippen molar-refractivity contribution < 1.29 is 13.9 Å². The van der Waals surface area contributed by atoms with E-state index in [1.165, 1.54) is 6.21 Å². The molecule has 5 nitrogen and oxygen atoms in total. The van der Waals surface area contributed by atoms with Gasteiger partial charge in [-0.1, -0.05) is 39.7 Å². The number of carbonyl (C=O) groups excluding carboxylic acids is 1. The Hall–Kier alpha value is -1.65. The second kappa shape index (κ2) is 10.7. The number of hydrogen-bond acceptors (Lipinski definition) is 4. The van der Waals surface area contributed by atoms with Crippen LogP contribution in [0.15, 0.2) is 82.0 Å². The second-order valence-corrected chi connectivity index (χ2v) is 10.8. The first kappa shape index (κ1) is 24.5. The fourth-order valence-electron chi connectivity index (χ4n) is 2.94. The van der Waals surface area contributed by atoms with Gasteiger partial charge >= 0.3 is 5.91 Å². The largest absolute Gasteiger partial charge is 0.487 e. The van der Waals surface area contributed by atoms with Gasteiger partial charge in [0.05, 0.1) is 19.6 Å². The summed E-state index contributed by atoms with van der Waals surface area (Å²) >= 11 is 19.8. The smallest absolute Gasteiger partial charge is 0.307 e. The first-order valence-corrected chi connectivity index (χ1v) is 12.9. The number of hydrazone groups is 1. The summed E-state index contributed by atoms with van der Waals surface area (Å²) in [6.45, 7) is 0.391. The van der Waals surface area contributed by atoms with E-state index in [1.54, 1.807) is 6.07 Å². The monoisotopic (exact) mass is 716 g/mol. The van der Waals surface area contributed by atoms with E-state index in [2.05, 4.69) is 74.2 Å². The van der Waals surface area contributed by atoms with E-state index in [-0.39, 0.29) is 5.76 Å². The molecular formula is C23H13Br4ClN2O3. The van der Waals surface area contributed by atoms with E-state index in [0.29, 0.717) is 23.0 Å². The standard InChI is InChI=1S/C23H13Br4ClN2O3/c24-15-7-14-8-20(33-21(14)19(27)9-15)23(31)30-29-10-13-5-17(25)22(18(26)6-13)32-11-12-1-3-16(28)4-2-12/h1-10H,11H2,(H,30,31)/b29-10-. The molecule has 10 heteroatoms. The molecule has 33 heavy (non-hydrogen) atoms. The van der Waals surface area contributed by atoms with Crippen molar-refractivity contribution >= 4 is 98.4 Å². The zero-order chi connectivity index (χ0) is 23.5. The molecule has 0 aliphatic carbocycles. The van der Waals surface area contributed by atoms with Crippen LogP contribution in [0.25, 0.3) is 11.0 Å². The van der Waals surface area contributed by atoms with Gasteiger partial charge in [-0.25, -0.2) is 5.43 Å². The van der Waals surface area contributed by atoms with Gasteiger partial charge in [0, 0.05) is 14.9 Å². The molecule has 4 rings (SSSR count). The number of rotatable bonds is 6. The van der Waals surface area contributed by atoms with Crippen molar-refractivity contribution in [1.29, 1.82) is 0 Å². The van der Waals surface area contributed by atoms with Gasteiger partial charge in [-0.2, -0.15) is 5.10 Å². The Bertz CT molecular complexity index is 1350. The minimum atomic E-state index is -0.452. The molecule has 1 amide bonds. The van der Waals surface area contributed by atoms with Crippen LogP contribution in [0.3, 0.4) is 0 Å². The number of ether oxygens (including phenoxy) is 1. The maximum atomic E-state index is 12.4. The number of amides is 1. The first-order valence-electron chi connectivity index (χ1n) is 9.38. The first-order chi connectivity index (χ1) is 15.8. The molecule has 0 fully saturated rings. The molecule has 1 heterocycles. The molecule has 3 aromatic carbocycles. The third-order valence-corrected chi connectivity index (χ3v) is 6.93. The molecule has 0 atom stereocenters. The number of benzene rings is 3. The zero-order valence-corrected chi connectivity index (χ0v) is 23.6. The van der Waals surface area contributed by atoms with Crippen molar-refractivity contribution in [3.05, 3.63) is 94.4 Å². The number of nitrogens with one attached hydrogen (secondary N) is 1. The molecule has 0 bridgehead atoms. The van der Waals surface area contributed by atoms with Crippen molar-refractivity contribution in [2.75, 3.05) is 0 Å². The van der Waals surface area contributed by atoms with Gasteiger partial charge in [-0.15, -0.1) is 0 Å². The Morgan fingerprint density at radius 1 is 1.00 bits per heavy atom. The zero-order valence-electron chi connectivity index (χ0n) is 16.5. The van der Waals surface area contributed by atoms with Gasteiger partial charge < -0.3 is 9.15 Å². The third-order valence-electron chi connectivity index (χ3n) is 4.46. The number of furan rings is 1. The number of nitrogens with zero attached hydrogens (tertiary/aromatic N) is 1. The summed E-state index contributed by atoms with van der Waals surface area (Å²) in [4.78, 5) is 12.4. The van der Waals surface area contributed by atoms with E-state index in [4.69, 9.17) is 20.8 Å². The molecule has 1 N–H and O–H groups in total. The highest BCUT2D eigenvalue weighted by Gasteiger charge is 2.14. The van der Waals surface area contributed by atoms with E-state index in [0.717, 1.165) is 34.4 Å². The highest BCUT2D eigenvalue weighted by atomic mass is 79.9. The van der Waals surface area contributed by atoms with Crippen LogP contribution in [0.2, 0.25) is 5.02 Å². The Morgan fingerprint density at radius 2 is 1.70 bits per heavy atom. The molecule has 4 aromatic rings. The highest BCUT2D eigenvalue weighted by Crippen LogP contribution is 2.35. The minimum Gasteiger partial charge on any atom is -0.487 e. The Kier molecular flexibility index (Phi) is 7.96. The number of carbonyl (C=O) groups is 1. The van der Waals surface area contributed by atoms with Gasteiger partial charge in [0.15, 0.2) is 5.76 Å². The van der Waals surface area contributed by atoms with E-state index in [1.807, 2.05) is 48.5 Å². The van der Waals surface area contributed by atoms with Crippen LogP contribution in [0.1, 0.15) is 21.7 Å². The Morgan fingerprint density at radius 3 is 2.39 bits per heavy atom. The second-order valence-electron chi connectivity index (χ2n) is 6.84. The van der Waals surface area contributed by atoms with E-state index in [9.17, 15) is 4.79 Å². The number of hydrogen-bond donors (Lipinski definition) is 1. The van der Waals surface area contributed by atoms with Crippen LogP contribution < -0.4 is 10.2 Å². The Balaban J connectivity index is 1.42. The maximum Gasteiger partial charge on any atom is 0.307 e. The van der Waals surface area contributed by atoms with Crippen molar-refractivity contribution in [3.8, 4) is 5.75 Å². The fourth-order valence-corrected chi connectivity index (χ4v) is 5.85.